The third kappa shape index (κ3) is 4.82. The maximum atomic E-state index is 14.1. The standard InChI is InChI=1S/C25H22ClFO/c26-21-14-12-20(13-15-21)23(19-10-11-19)8-4-5-18-9-16-24(27)25(17-18)28-22-6-2-1-3-7-22/h1-4,6-9,12-17,19,23H,5,10-11H2. The number of para-hydroxylation sites is 1. The first-order chi connectivity index (χ1) is 13.7. The minimum absolute atomic E-state index is 0.258. The summed E-state index contributed by atoms with van der Waals surface area (Å²) >= 11 is 6.02. The zero-order valence-corrected chi connectivity index (χ0v) is 16.3. The molecule has 1 nitrogen and oxygen atoms in total. The maximum Gasteiger partial charge on any atom is 0.165 e. The van der Waals surface area contributed by atoms with Crippen LogP contribution in [0.5, 0.6) is 11.5 Å². The van der Waals surface area contributed by atoms with Gasteiger partial charge in [-0.2, -0.15) is 0 Å². The molecule has 4 rings (SSSR count). The molecule has 0 aromatic heterocycles. The van der Waals surface area contributed by atoms with E-state index in [0.717, 1.165) is 17.0 Å². The highest BCUT2D eigenvalue weighted by atomic mass is 35.5. The molecular formula is C25H22ClFO. The molecule has 0 radical (unpaired) electrons. The number of ether oxygens (including phenoxy) is 1. The van der Waals surface area contributed by atoms with E-state index in [-0.39, 0.29) is 11.6 Å². The summed E-state index contributed by atoms with van der Waals surface area (Å²) < 4.78 is 19.8. The van der Waals surface area contributed by atoms with Gasteiger partial charge in [-0.1, -0.05) is 60.2 Å². The number of halogens is 2. The van der Waals surface area contributed by atoms with Crippen LogP contribution in [-0.2, 0) is 6.42 Å². The van der Waals surface area contributed by atoms with Crippen LogP contribution in [0.25, 0.3) is 0 Å². The number of allylic oxidation sites excluding steroid dienone is 2. The Morgan fingerprint density at radius 1 is 1.00 bits per heavy atom. The van der Waals surface area contributed by atoms with E-state index in [1.807, 2.05) is 48.5 Å². The maximum absolute atomic E-state index is 14.1. The van der Waals surface area contributed by atoms with Gasteiger partial charge in [0.1, 0.15) is 5.75 Å². The lowest BCUT2D eigenvalue weighted by Crippen LogP contribution is -1.98. The molecular weight excluding hydrogens is 371 g/mol. The van der Waals surface area contributed by atoms with Crippen LogP contribution in [-0.4, -0.2) is 0 Å². The molecule has 1 unspecified atom stereocenters. The molecule has 0 spiro atoms. The highest BCUT2D eigenvalue weighted by Gasteiger charge is 2.30. The Balaban J connectivity index is 1.46. The van der Waals surface area contributed by atoms with Gasteiger partial charge in [-0.15, -0.1) is 0 Å². The predicted molar refractivity (Wildman–Crippen MR) is 113 cm³/mol. The van der Waals surface area contributed by atoms with Crippen LogP contribution in [0.1, 0.15) is 29.9 Å². The fraction of sp³-hybridized carbons (Fsp3) is 0.200. The molecule has 1 fully saturated rings. The Labute approximate surface area is 170 Å². The lowest BCUT2D eigenvalue weighted by Gasteiger charge is -2.12. The first kappa shape index (κ1) is 18.8. The number of hydrogen-bond acceptors (Lipinski definition) is 1. The van der Waals surface area contributed by atoms with E-state index < -0.39 is 0 Å². The second-order valence-electron chi connectivity index (χ2n) is 7.23. The Morgan fingerprint density at radius 2 is 1.75 bits per heavy atom. The number of hydrogen-bond donors (Lipinski definition) is 0. The van der Waals surface area contributed by atoms with Crippen molar-refractivity contribution in [3.8, 4) is 11.5 Å². The summed E-state index contributed by atoms with van der Waals surface area (Å²) in [6.07, 6.45) is 7.73. The van der Waals surface area contributed by atoms with Gasteiger partial charge in [0.05, 0.1) is 0 Å². The molecule has 28 heavy (non-hydrogen) atoms. The fourth-order valence-corrected chi connectivity index (χ4v) is 3.53. The van der Waals surface area contributed by atoms with E-state index in [1.54, 1.807) is 6.07 Å². The lowest BCUT2D eigenvalue weighted by atomic mass is 9.93. The van der Waals surface area contributed by atoms with Gasteiger partial charge in [0, 0.05) is 10.9 Å². The largest absolute Gasteiger partial charge is 0.454 e. The van der Waals surface area contributed by atoms with Crippen LogP contribution in [0.2, 0.25) is 5.02 Å². The molecule has 0 N–H and O–H groups in total. The quantitative estimate of drug-likeness (QED) is 0.377. The molecule has 3 aromatic carbocycles. The molecule has 1 atom stereocenters. The van der Waals surface area contributed by atoms with E-state index in [1.165, 1.54) is 24.5 Å². The second-order valence-corrected chi connectivity index (χ2v) is 7.66. The van der Waals surface area contributed by atoms with Gasteiger partial charge in [-0.25, -0.2) is 4.39 Å². The number of benzene rings is 3. The van der Waals surface area contributed by atoms with Gasteiger partial charge in [0.25, 0.3) is 0 Å². The van der Waals surface area contributed by atoms with Crippen molar-refractivity contribution < 1.29 is 9.13 Å². The summed E-state index contributed by atoms with van der Waals surface area (Å²) in [6.45, 7) is 0. The zero-order chi connectivity index (χ0) is 19.3. The average molecular weight is 393 g/mol. The monoisotopic (exact) mass is 392 g/mol. The third-order valence-electron chi connectivity index (χ3n) is 5.05. The van der Waals surface area contributed by atoms with Crippen LogP contribution in [0.15, 0.2) is 84.9 Å². The summed E-state index contributed by atoms with van der Waals surface area (Å²) in [6, 6.07) is 22.5. The highest BCUT2D eigenvalue weighted by molar-refractivity contribution is 6.30. The molecule has 0 aliphatic heterocycles. The van der Waals surface area contributed by atoms with Crippen molar-refractivity contribution in [2.75, 3.05) is 0 Å². The van der Waals surface area contributed by atoms with Crippen molar-refractivity contribution in [3.63, 3.8) is 0 Å². The molecule has 3 heteroatoms. The van der Waals surface area contributed by atoms with E-state index in [2.05, 4.69) is 24.3 Å². The van der Waals surface area contributed by atoms with E-state index in [0.29, 0.717) is 17.6 Å². The topological polar surface area (TPSA) is 9.23 Å². The predicted octanol–water partition coefficient (Wildman–Crippen LogP) is 7.56. The molecule has 142 valence electrons. The molecule has 3 aromatic rings. The first-order valence-electron chi connectivity index (χ1n) is 9.62. The summed E-state index contributed by atoms with van der Waals surface area (Å²) in [4.78, 5) is 0. The average Bonchev–Trinajstić information content (AvgIpc) is 3.54. The van der Waals surface area contributed by atoms with Crippen LogP contribution in [0.4, 0.5) is 4.39 Å². The Hall–Kier alpha value is -2.58. The summed E-state index contributed by atoms with van der Waals surface area (Å²) in [5.41, 5.74) is 2.32. The second kappa shape index (κ2) is 8.62. The summed E-state index contributed by atoms with van der Waals surface area (Å²) in [7, 11) is 0. The van der Waals surface area contributed by atoms with Gasteiger partial charge in [0.15, 0.2) is 11.6 Å². The van der Waals surface area contributed by atoms with E-state index >= 15 is 0 Å². The summed E-state index contributed by atoms with van der Waals surface area (Å²) in [5.74, 6) is 1.66. The normalized spacial score (nSPS) is 14.9. The van der Waals surface area contributed by atoms with Crippen molar-refractivity contribution in [2.45, 2.75) is 25.2 Å². The smallest absolute Gasteiger partial charge is 0.165 e. The van der Waals surface area contributed by atoms with Gasteiger partial charge in [0.2, 0.25) is 0 Å². The lowest BCUT2D eigenvalue weighted by molar-refractivity contribution is 0.441. The van der Waals surface area contributed by atoms with Gasteiger partial charge in [-0.05, 0) is 72.7 Å². The minimum Gasteiger partial charge on any atom is -0.454 e. The molecule has 1 aliphatic rings. The van der Waals surface area contributed by atoms with Crippen LogP contribution < -0.4 is 4.74 Å². The highest BCUT2D eigenvalue weighted by Crippen LogP contribution is 2.43. The third-order valence-corrected chi connectivity index (χ3v) is 5.30. The Bertz CT molecular complexity index is 946. The van der Waals surface area contributed by atoms with Crippen LogP contribution >= 0.6 is 11.6 Å². The molecule has 0 amide bonds. The van der Waals surface area contributed by atoms with Crippen molar-refractivity contribution in [2.24, 2.45) is 5.92 Å². The Morgan fingerprint density at radius 3 is 2.46 bits per heavy atom. The van der Waals surface area contributed by atoms with Gasteiger partial charge >= 0.3 is 0 Å². The SMILES string of the molecule is Fc1ccc(CC=CC(c2ccc(Cl)cc2)C2CC2)cc1Oc1ccccc1. The molecule has 1 aliphatic carbocycles. The fourth-order valence-electron chi connectivity index (χ4n) is 3.40. The summed E-state index contributed by atoms with van der Waals surface area (Å²) in [5, 5.41) is 0.763. The molecule has 0 saturated heterocycles. The minimum atomic E-state index is -0.353. The Kier molecular flexibility index (Phi) is 5.78. The van der Waals surface area contributed by atoms with E-state index in [9.17, 15) is 4.39 Å². The molecule has 1 saturated carbocycles. The van der Waals surface area contributed by atoms with Crippen molar-refractivity contribution in [1.82, 2.24) is 0 Å². The van der Waals surface area contributed by atoms with Crippen LogP contribution in [0.3, 0.4) is 0 Å². The van der Waals surface area contributed by atoms with Crippen LogP contribution in [0, 0.1) is 11.7 Å². The van der Waals surface area contributed by atoms with Gasteiger partial charge < -0.3 is 4.74 Å². The van der Waals surface area contributed by atoms with Crippen molar-refractivity contribution >= 4 is 11.6 Å². The number of rotatable bonds is 7. The zero-order valence-electron chi connectivity index (χ0n) is 15.5. The molecule has 0 bridgehead atoms. The molecule has 0 heterocycles. The van der Waals surface area contributed by atoms with Gasteiger partial charge in [-0.3, -0.25) is 0 Å². The van der Waals surface area contributed by atoms with Crippen molar-refractivity contribution in [3.05, 3.63) is 107 Å². The van der Waals surface area contributed by atoms with Crippen molar-refractivity contribution in [1.29, 1.82) is 0 Å². The first-order valence-corrected chi connectivity index (χ1v) is 10.0. The van der Waals surface area contributed by atoms with E-state index in [4.69, 9.17) is 16.3 Å².